The van der Waals surface area contributed by atoms with Gasteiger partial charge in [-0.2, -0.15) is 5.10 Å². The van der Waals surface area contributed by atoms with E-state index in [1.54, 1.807) is 6.92 Å². The zero-order valence-corrected chi connectivity index (χ0v) is 12.8. The summed E-state index contributed by atoms with van der Waals surface area (Å²) < 4.78 is 27.9. The van der Waals surface area contributed by atoms with Crippen LogP contribution in [0, 0.1) is 12.8 Å². The van der Waals surface area contributed by atoms with E-state index >= 15 is 0 Å². The molecule has 7 heteroatoms. The molecule has 0 aliphatic heterocycles. The molecule has 3 rings (SSSR count). The van der Waals surface area contributed by atoms with E-state index in [2.05, 4.69) is 20.2 Å². The monoisotopic (exact) mass is 298 g/mol. The number of aromatic amines is 1. The smallest absolute Gasteiger partial charge is 0.244 e. The van der Waals surface area contributed by atoms with Gasteiger partial charge in [-0.3, -0.25) is 5.10 Å². The van der Waals surface area contributed by atoms with Crippen LogP contribution in [0.3, 0.4) is 0 Å². The van der Waals surface area contributed by atoms with Crippen LogP contribution in [0.2, 0.25) is 0 Å². The van der Waals surface area contributed by atoms with Crippen LogP contribution in [0.25, 0.3) is 0 Å². The van der Waals surface area contributed by atoms with E-state index in [1.807, 2.05) is 6.92 Å². The second kappa shape index (κ2) is 5.13. The summed E-state index contributed by atoms with van der Waals surface area (Å²) >= 11 is 0. The predicted molar refractivity (Wildman–Crippen MR) is 75.7 cm³/mol. The van der Waals surface area contributed by atoms with E-state index in [0.29, 0.717) is 34.8 Å². The van der Waals surface area contributed by atoms with Crippen LogP contribution < -0.4 is 10.0 Å². The number of aryl methyl sites for hydroxylation is 1. The van der Waals surface area contributed by atoms with Gasteiger partial charge in [-0.1, -0.05) is 0 Å². The van der Waals surface area contributed by atoms with Crippen molar-refractivity contribution in [2.24, 2.45) is 5.92 Å². The van der Waals surface area contributed by atoms with Crippen molar-refractivity contribution in [2.75, 3.05) is 0 Å². The maximum absolute atomic E-state index is 12.5. The lowest BCUT2D eigenvalue weighted by molar-refractivity contribution is 0.536. The number of nitrogens with one attached hydrogen (secondary N) is 3. The minimum absolute atomic E-state index is 0.00135. The normalized spacial score (nSPS) is 21.1. The van der Waals surface area contributed by atoms with E-state index in [0.717, 1.165) is 12.8 Å². The van der Waals surface area contributed by atoms with Crippen LogP contribution in [0.15, 0.2) is 4.90 Å². The molecule has 2 fully saturated rings. The molecule has 3 N–H and O–H groups in total. The van der Waals surface area contributed by atoms with E-state index < -0.39 is 10.0 Å². The fraction of sp³-hybridized carbons (Fsp3) is 0.769. The quantitative estimate of drug-likeness (QED) is 0.702. The Balaban J connectivity index is 1.77. The number of hydrogen-bond donors (Lipinski definition) is 3. The summed E-state index contributed by atoms with van der Waals surface area (Å²) in [6.45, 7) is 4.19. The van der Waals surface area contributed by atoms with Crippen LogP contribution in [0.1, 0.15) is 44.0 Å². The highest BCUT2D eigenvalue weighted by Crippen LogP contribution is 2.33. The van der Waals surface area contributed by atoms with Crippen LogP contribution >= 0.6 is 0 Å². The van der Waals surface area contributed by atoms with Gasteiger partial charge in [0.15, 0.2) is 0 Å². The molecule has 1 heterocycles. The van der Waals surface area contributed by atoms with Gasteiger partial charge < -0.3 is 5.32 Å². The van der Waals surface area contributed by atoms with Crippen molar-refractivity contribution in [3.05, 3.63) is 11.4 Å². The minimum atomic E-state index is -3.49. The van der Waals surface area contributed by atoms with Crippen molar-refractivity contribution in [1.82, 2.24) is 20.2 Å². The highest BCUT2D eigenvalue weighted by Gasteiger charge is 2.33. The second-order valence-corrected chi connectivity index (χ2v) is 7.68. The van der Waals surface area contributed by atoms with Crippen LogP contribution in [-0.2, 0) is 16.6 Å². The maximum atomic E-state index is 12.5. The second-order valence-electron chi connectivity index (χ2n) is 6.03. The first-order valence-corrected chi connectivity index (χ1v) is 8.75. The Labute approximate surface area is 119 Å². The third kappa shape index (κ3) is 3.05. The Bertz CT molecular complexity index is 588. The molecular formula is C13H22N4O2S. The third-order valence-corrected chi connectivity index (χ3v) is 5.80. The first-order valence-electron chi connectivity index (χ1n) is 7.27. The van der Waals surface area contributed by atoms with Crippen molar-refractivity contribution in [3.63, 3.8) is 0 Å². The van der Waals surface area contributed by atoms with Gasteiger partial charge in [0.05, 0.1) is 11.4 Å². The van der Waals surface area contributed by atoms with Crippen LogP contribution in [-0.4, -0.2) is 30.7 Å². The Morgan fingerprint density at radius 3 is 2.65 bits per heavy atom. The number of hydrogen-bond acceptors (Lipinski definition) is 4. The van der Waals surface area contributed by atoms with Crippen LogP contribution in [0.4, 0.5) is 0 Å². The molecule has 1 aromatic heterocycles. The number of H-pyrrole nitrogens is 1. The van der Waals surface area contributed by atoms with Gasteiger partial charge in [0.25, 0.3) is 0 Å². The number of aromatic nitrogens is 2. The van der Waals surface area contributed by atoms with Gasteiger partial charge in [-0.15, -0.1) is 0 Å². The topological polar surface area (TPSA) is 86.9 Å². The molecular weight excluding hydrogens is 276 g/mol. The number of sulfonamides is 1. The molecule has 0 aromatic carbocycles. The molecule has 2 aliphatic carbocycles. The SMILES string of the molecule is Cc1[nH]nc(CNC2CC2)c1S(=O)(=O)NC(C)C1CC1. The van der Waals surface area contributed by atoms with Crippen molar-refractivity contribution in [1.29, 1.82) is 0 Å². The molecule has 0 saturated heterocycles. The summed E-state index contributed by atoms with van der Waals surface area (Å²) in [6, 6.07) is 0.527. The standard InChI is InChI=1S/C13H22N4O2S/c1-8(10-3-4-10)17-20(18,19)13-9(2)15-16-12(13)7-14-11-5-6-11/h8,10-11,14,17H,3-7H2,1-2H3,(H,15,16). The molecule has 0 amide bonds. The Hall–Kier alpha value is -0.920. The average Bonchev–Trinajstić information content (AvgIpc) is 3.24. The van der Waals surface area contributed by atoms with Gasteiger partial charge in [-0.25, -0.2) is 13.1 Å². The van der Waals surface area contributed by atoms with Crippen molar-refractivity contribution >= 4 is 10.0 Å². The van der Waals surface area contributed by atoms with E-state index in [9.17, 15) is 8.42 Å². The minimum Gasteiger partial charge on any atom is -0.308 e. The van der Waals surface area contributed by atoms with Gasteiger partial charge in [0, 0.05) is 18.6 Å². The van der Waals surface area contributed by atoms with Crippen molar-refractivity contribution in [2.45, 2.75) is 63.1 Å². The molecule has 6 nitrogen and oxygen atoms in total. The summed E-state index contributed by atoms with van der Waals surface area (Å²) in [7, 11) is -3.49. The van der Waals surface area contributed by atoms with E-state index in [-0.39, 0.29) is 6.04 Å². The zero-order chi connectivity index (χ0) is 14.3. The number of nitrogens with zero attached hydrogens (tertiary/aromatic N) is 1. The lowest BCUT2D eigenvalue weighted by atomic mass is 10.2. The molecule has 1 aromatic rings. The molecule has 2 aliphatic rings. The fourth-order valence-corrected chi connectivity index (χ4v) is 4.15. The Kier molecular flexibility index (Phi) is 3.60. The van der Waals surface area contributed by atoms with Crippen molar-refractivity contribution < 1.29 is 8.42 Å². The highest BCUT2D eigenvalue weighted by molar-refractivity contribution is 7.89. The molecule has 0 spiro atoms. The third-order valence-electron chi connectivity index (χ3n) is 4.04. The predicted octanol–water partition coefficient (Wildman–Crippen LogP) is 1.05. The lowest BCUT2D eigenvalue weighted by Gasteiger charge is -2.14. The van der Waals surface area contributed by atoms with Crippen molar-refractivity contribution in [3.8, 4) is 0 Å². The molecule has 1 atom stereocenters. The molecule has 112 valence electrons. The molecule has 1 unspecified atom stereocenters. The zero-order valence-electron chi connectivity index (χ0n) is 11.9. The lowest BCUT2D eigenvalue weighted by Crippen LogP contribution is -2.35. The fourth-order valence-electron chi connectivity index (χ4n) is 2.47. The van der Waals surface area contributed by atoms with E-state index in [4.69, 9.17) is 0 Å². The maximum Gasteiger partial charge on any atom is 0.244 e. The van der Waals surface area contributed by atoms with Gasteiger partial charge in [0.1, 0.15) is 4.90 Å². The summed E-state index contributed by atoms with van der Waals surface area (Å²) in [4.78, 5) is 0.318. The van der Waals surface area contributed by atoms with Gasteiger partial charge in [-0.05, 0) is 45.4 Å². The summed E-state index contributed by atoms with van der Waals surface area (Å²) in [5, 5.41) is 10.3. The molecule has 2 saturated carbocycles. The van der Waals surface area contributed by atoms with Crippen LogP contribution in [0.5, 0.6) is 0 Å². The summed E-state index contributed by atoms with van der Waals surface area (Å²) in [5.41, 5.74) is 1.19. The summed E-state index contributed by atoms with van der Waals surface area (Å²) in [5.74, 6) is 0.491. The first-order chi connectivity index (χ1) is 9.47. The largest absolute Gasteiger partial charge is 0.308 e. The highest BCUT2D eigenvalue weighted by atomic mass is 32.2. The molecule has 0 radical (unpaired) electrons. The van der Waals surface area contributed by atoms with E-state index in [1.165, 1.54) is 12.8 Å². The number of rotatable bonds is 7. The summed E-state index contributed by atoms with van der Waals surface area (Å²) in [6.07, 6.45) is 4.57. The Morgan fingerprint density at radius 1 is 1.35 bits per heavy atom. The first kappa shape index (κ1) is 14.0. The Morgan fingerprint density at radius 2 is 2.05 bits per heavy atom. The molecule has 0 bridgehead atoms. The average molecular weight is 298 g/mol. The van der Waals surface area contributed by atoms with Gasteiger partial charge >= 0.3 is 0 Å². The van der Waals surface area contributed by atoms with Gasteiger partial charge in [0.2, 0.25) is 10.0 Å². The molecule has 20 heavy (non-hydrogen) atoms.